The normalized spacial score (nSPS) is 12.7. The minimum absolute atomic E-state index is 0.0519. The van der Waals surface area contributed by atoms with Gasteiger partial charge in [-0.1, -0.05) is 97.1 Å². The summed E-state index contributed by atoms with van der Waals surface area (Å²) >= 11 is 0. The first-order valence-electron chi connectivity index (χ1n) is 11.2. The van der Waals surface area contributed by atoms with Crippen molar-refractivity contribution in [3.8, 4) is 45.3 Å². The maximum atomic E-state index is 6.64. The summed E-state index contributed by atoms with van der Waals surface area (Å²) in [5.74, 6) is 3.58. The topological polar surface area (TPSA) is 18.5 Å². The Morgan fingerprint density at radius 1 is 0.455 bits per heavy atom. The van der Waals surface area contributed by atoms with E-state index in [1.165, 1.54) is 10.9 Å². The highest BCUT2D eigenvalue weighted by Crippen LogP contribution is 2.45. The Bertz CT molecular complexity index is 1400. The van der Waals surface area contributed by atoms with Gasteiger partial charge in [0, 0.05) is 16.6 Å². The molecule has 2 heterocycles. The van der Waals surface area contributed by atoms with Crippen molar-refractivity contribution in [3.63, 3.8) is 0 Å². The average molecular weight is 422 g/mol. The van der Waals surface area contributed by atoms with Gasteiger partial charge in [0.1, 0.15) is 23.0 Å². The van der Waals surface area contributed by atoms with Crippen LogP contribution in [0.2, 0.25) is 0 Å². The zero-order valence-corrected chi connectivity index (χ0v) is 17.9. The molecule has 0 aromatic heterocycles. The van der Waals surface area contributed by atoms with Gasteiger partial charge in [-0.15, -0.1) is 0 Å². The Kier molecular flexibility index (Phi) is 3.97. The Labute approximate surface area is 193 Å². The number of hydrogen-bond acceptors (Lipinski definition) is 2. The number of ether oxygens (including phenoxy) is 2. The van der Waals surface area contributed by atoms with Crippen LogP contribution >= 0.6 is 0 Å². The Morgan fingerprint density at radius 3 is 1.36 bits per heavy atom. The van der Waals surface area contributed by atoms with E-state index in [4.69, 9.17) is 9.47 Å². The highest BCUT2D eigenvalue weighted by atomic mass is 16.5. The van der Waals surface area contributed by atoms with Crippen molar-refractivity contribution < 1.29 is 9.47 Å². The molecular formula is C30H19BO2. The van der Waals surface area contributed by atoms with Gasteiger partial charge in [0.25, 0.3) is 6.71 Å². The molecule has 5 aromatic carbocycles. The van der Waals surface area contributed by atoms with Crippen LogP contribution in [0.5, 0.6) is 23.0 Å². The van der Waals surface area contributed by atoms with E-state index in [0.29, 0.717) is 0 Å². The third-order valence-corrected chi connectivity index (χ3v) is 6.61. The van der Waals surface area contributed by atoms with E-state index in [9.17, 15) is 0 Å². The van der Waals surface area contributed by atoms with Gasteiger partial charge in [0.2, 0.25) is 0 Å². The standard InChI is InChI=1S/C30H19BO2/c1-3-11-20(12-4-1)22-19-23(21-13-5-2-6-14-21)30-28-29(22)32-26-17-9-7-15-24(26)31(28)25-16-8-10-18-27(25)33-30/h1-19H. The van der Waals surface area contributed by atoms with Gasteiger partial charge in [0.15, 0.2) is 0 Å². The third kappa shape index (κ3) is 2.76. The van der Waals surface area contributed by atoms with Gasteiger partial charge in [-0.25, -0.2) is 0 Å². The Balaban J connectivity index is 1.61. The van der Waals surface area contributed by atoms with Crippen molar-refractivity contribution >= 4 is 23.1 Å². The minimum atomic E-state index is 0.0519. The van der Waals surface area contributed by atoms with Crippen molar-refractivity contribution in [1.82, 2.24) is 0 Å². The van der Waals surface area contributed by atoms with Gasteiger partial charge in [-0.3, -0.25) is 0 Å². The summed E-state index contributed by atoms with van der Waals surface area (Å²) < 4.78 is 13.3. The van der Waals surface area contributed by atoms with Crippen LogP contribution in [-0.4, -0.2) is 6.71 Å². The first-order valence-corrected chi connectivity index (χ1v) is 11.2. The molecular weight excluding hydrogens is 403 g/mol. The van der Waals surface area contributed by atoms with Gasteiger partial charge in [-0.05, 0) is 40.3 Å². The highest BCUT2D eigenvalue weighted by molar-refractivity contribution is 6.98. The van der Waals surface area contributed by atoms with Crippen LogP contribution in [0, 0.1) is 0 Å². The molecule has 154 valence electrons. The van der Waals surface area contributed by atoms with Crippen molar-refractivity contribution in [1.29, 1.82) is 0 Å². The van der Waals surface area contributed by atoms with Gasteiger partial charge < -0.3 is 9.47 Å². The third-order valence-electron chi connectivity index (χ3n) is 6.61. The van der Waals surface area contributed by atoms with Crippen LogP contribution in [0.25, 0.3) is 22.3 Å². The van der Waals surface area contributed by atoms with Crippen LogP contribution in [0.1, 0.15) is 0 Å². The maximum Gasteiger partial charge on any atom is 0.260 e. The van der Waals surface area contributed by atoms with E-state index >= 15 is 0 Å². The summed E-state index contributed by atoms with van der Waals surface area (Å²) in [6.07, 6.45) is 0. The number of rotatable bonds is 2. The van der Waals surface area contributed by atoms with E-state index in [1.807, 2.05) is 24.3 Å². The molecule has 0 unspecified atom stereocenters. The number of para-hydroxylation sites is 2. The maximum absolute atomic E-state index is 6.64. The predicted octanol–water partition coefficient (Wildman–Crippen LogP) is 5.75. The molecule has 3 heteroatoms. The summed E-state index contributed by atoms with van der Waals surface area (Å²) in [5, 5.41) is 0. The van der Waals surface area contributed by atoms with Crippen LogP contribution in [-0.2, 0) is 0 Å². The molecule has 2 aliphatic rings. The molecule has 0 radical (unpaired) electrons. The second-order valence-electron chi connectivity index (χ2n) is 8.49. The van der Waals surface area contributed by atoms with E-state index in [2.05, 4.69) is 91.0 Å². The average Bonchev–Trinajstić information content (AvgIpc) is 2.89. The number of benzene rings is 5. The second-order valence-corrected chi connectivity index (χ2v) is 8.49. The van der Waals surface area contributed by atoms with E-state index in [1.54, 1.807) is 0 Å². The first kappa shape index (κ1) is 18.3. The smallest absolute Gasteiger partial charge is 0.260 e. The molecule has 0 saturated carbocycles. The molecule has 0 spiro atoms. The van der Waals surface area contributed by atoms with E-state index < -0.39 is 0 Å². The summed E-state index contributed by atoms with van der Waals surface area (Å²) in [6, 6.07) is 39.9. The molecule has 0 saturated heterocycles. The zero-order chi connectivity index (χ0) is 21.8. The largest absolute Gasteiger partial charge is 0.458 e. The molecule has 0 bridgehead atoms. The minimum Gasteiger partial charge on any atom is -0.458 e. The van der Waals surface area contributed by atoms with Crippen molar-refractivity contribution in [2.75, 3.05) is 0 Å². The molecule has 33 heavy (non-hydrogen) atoms. The summed E-state index contributed by atoms with van der Waals surface area (Å²) in [6.45, 7) is 0.0519. The molecule has 0 fully saturated rings. The highest BCUT2D eigenvalue weighted by Gasteiger charge is 2.42. The van der Waals surface area contributed by atoms with Crippen LogP contribution in [0.3, 0.4) is 0 Å². The van der Waals surface area contributed by atoms with Crippen LogP contribution in [0.15, 0.2) is 115 Å². The molecule has 0 aliphatic carbocycles. The Hall–Kier alpha value is -4.24. The zero-order valence-electron chi connectivity index (χ0n) is 17.9. The summed E-state index contributed by atoms with van der Waals surface area (Å²) in [4.78, 5) is 0. The van der Waals surface area contributed by atoms with Crippen LogP contribution in [0.4, 0.5) is 0 Å². The molecule has 2 nitrogen and oxygen atoms in total. The van der Waals surface area contributed by atoms with E-state index in [-0.39, 0.29) is 6.71 Å². The van der Waals surface area contributed by atoms with Crippen LogP contribution < -0.4 is 25.9 Å². The van der Waals surface area contributed by atoms with E-state index in [0.717, 1.165) is 50.7 Å². The lowest BCUT2D eigenvalue weighted by molar-refractivity contribution is 0.467. The summed E-state index contributed by atoms with van der Waals surface area (Å²) in [7, 11) is 0. The molecule has 0 N–H and O–H groups in total. The summed E-state index contributed by atoms with van der Waals surface area (Å²) in [5.41, 5.74) is 7.87. The van der Waals surface area contributed by atoms with Gasteiger partial charge in [-0.2, -0.15) is 0 Å². The van der Waals surface area contributed by atoms with Gasteiger partial charge in [0.05, 0.1) is 0 Å². The van der Waals surface area contributed by atoms with Crippen molar-refractivity contribution in [2.45, 2.75) is 0 Å². The molecule has 0 amide bonds. The molecule has 7 rings (SSSR count). The first-order chi connectivity index (χ1) is 16.4. The lowest BCUT2D eigenvalue weighted by Gasteiger charge is -2.35. The number of hydrogen-bond donors (Lipinski definition) is 0. The fraction of sp³-hybridized carbons (Fsp3) is 0. The lowest BCUT2D eigenvalue weighted by atomic mass is 9.34. The SMILES string of the molecule is c1ccc(-c2cc(-c3ccccc3)c3c4c2Oc2ccccc2B4c2ccccc2O3)cc1. The molecule has 5 aromatic rings. The number of fused-ring (bicyclic) bond motifs is 4. The Morgan fingerprint density at radius 2 is 0.879 bits per heavy atom. The monoisotopic (exact) mass is 422 g/mol. The van der Waals surface area contributed by atoms with Crippen molar-refractivity contribution in [2.24, 2.45) is 0 Å². The molecule has 2 aliphatic heterocycles. The fourth-order valence-electron chi connectivity index (χ4n) is 5.14. The predicted molar refractivity (Wildman–Crippen MR) is 135 cm³/mol. The fourth-order valence-corrected chi connectivity index (χ4v) is 5.14. The second kappa shape index (κ2) is 7.14. The van der Waals surface area contributed by atoms with Crippen molar-refractivity contribution in [3.05, 3.63) is 115 Å². The van der Waals surface area contributed by atoms with Gasteiger partial charge >= 0.3 is 0 Å². The quantitative estimate of drug-likeness (QED) is 0.331. The molecule has 0 atom stereocenters. The lowest BCUT2D eigenvalue weighted by Crippen LogP contribution is -2.57.